The van der Waals surface area contributed by atoms with Crippen molar-refractivity contribution >= 4 is 46.4 Å². The second kappa shape index (κ2) is 19.6. The van der Waals surface area contributed by atoms with Gasteiger partial charge in [0.15, 0.2) is 12.2 Å². The third-order valence-corrected chi connectivity index (χ3v) is 17.0. The van der Waals surface area contributed by atoms with E-state index in [1.54, 1.807) is 19.2 Å². The van der Waals surface area contributed by atoms with Crippen LogP contribution in [-0.2, 0) is 46.0 Å². The van der Waals surface area contributed by atoms with E-state index >= 15 is 4.79 Å². The number of nitrogens with zero attached hydrogens (tertiary/aromatic N) is 3. The summed E-state index contributed by atoms with van der Waals surface area (Å²) >= 11 is 0. The summed E-state index contributed by atoms with van der Waals surface area (Å²) in [6, 6.07) is 19.0. The van der Waals surface area contributed by atoms with Gasteiger partial charge in [-0.2, -0.15) is 0 Å². The molecule has 394 valence electrons. The summed E-state index contributed by atoms with van der Waals surface area (Å²) < 4.78 is 18.9. The fourth-order valence-electron chi connectivity index (χ4n) is 14.1. The number of likely N-dealkylation sites (N-methyl/N-ethyl adjacent to an activating group) is 1. The van der Waals surface area contributed by atoms with Crippen LogP contribution in [0.5, 0.6) is 5.75 Å². The van der Waals surface area contributed by atoms with Gasteiger partial charge in [0.25, 0.3) is 5.91 Å². The van der Waals surface area contributed by atoms with Crippen molar-refractivity contribution in [3.8, 4) is 5.75 Å². The number of amides is 1. The molecule has 10 rings (SSSR count). The van der Waals surface area contributed by atoms with Crippen molar-refractivity contribution in [1.82, 2.24) is 20.1 Å². The summed E-state index contributed by atoms with van der Waals surface area (Å²) in [6.45, 7) is 11.3. The monoisotopic (exact) mass is 1020 g/mol. The molecule has 1 aliphatic carbocycles. The van der Waals surface area contributed by atoms with Crippen molar-refractivity contribution in [2.75, 3.05) is 58.9 Å². The van der Waals surface area contributed by atoms with E-state index in [2.05, 4.69) is 81.3 Å². The number of nitrogens with one attached hydrogen (secondary N) is 2. The zero-order valence-electron chi connectivity index (χ0n) is 42.9. The van der Waals surface area contributed by atoms with Gasteiger partial charge in [0.05, 0.1) is 26.8 Å². The Labute approximate surface area is 429 Å². The first kappa shape index (κ1) is 52.3. The van der Waals surface area contributed by atoms with Crippen LogP contribution >= 0.6 is 0 Å². The normalized spacial score (nSPS) is 30.1. The molecule has 11 atom stereocenters. The SMILES string of the molecule is CCC1=C[C@@H]2CN(C1)Cc1c([nH]c3ccccc13)[C@@](C(=O)OC)(c1cc3c(cc1OC)N(C)[C@H]1[C@@](O)(CNC(=O)c4ccc(C)cc4)[C@H](OC(C)=O)[C@]4(CC)C=CCN5CC[C@]31[C@@H]54)C2.O=C(O)C(O)C(O)C(=O)O. The number of aromatic amines is 1. The quantitative estimate of drug-likeness (QED) is 0.0776. The second-order valence-electron chi connectivity index (χ2n) is 21.0. The van der Waals surface area contributed by atoms with Crippen LogP contribution in [0.15, 0.2) is 84.5 Å². The smallest absolute Gasteiger partial charge is 0.335 e. The Balaban J connectivity index is 0.000000610. The molecule has 6 heterocycles. The zero-order chi connectivity index (χ0) is 53.2. The molecule has 3 unspecified atom stereocenters. The fraction of sp³-hybridized carbons (Fsp3) is 0.482. The van der Waals surface area contributed by atoms with Crippen molar-refractivity contribution in [2.24, 2.45) is 11.3 Å². The lowest BCUT2D eigenvalue weighted by atomic mass is 9.47. The number of benzene rings is 3. The fourth-order valence-corrected chi connectivity index (χ4v) is 14.1. The van der Waals surface area contributed by atoms with Gasteiger partial charge in [-0.15, -0.1) is 0 Å². The number of aryl methyl sites for hydroxylation is 1. The Morgan fingerprint density at radius 2 is 1.64 bits per heavy atom. The van der Waals surface area contributed by atoms with Gasteiger partial charge in [0, 0.05) is 96.5 Å². The molecule has 7 N–H and O–H groups in total. The average molecular weight is 1020 g/mol. The molecular weight excluding hydrogens is 951 g/mol. The number of fused-ring (bicyclic) bond motifs is 6. The van der Waals surface area contributed by atoms with E-state index in [1.165, 1.54) is 19.6 Å². The molecule has 3 aromatic carbocycles. The van der Waals surface area contributed by atoms with E-state index in [0.29, 0.717) is 49.2 Å². The first-order chi connectivity index (χ1) is 35.3. The minimum atomic E-state index is -2.27. The number of aliphatic carboxylic acids is 2. The van der Waals surface area contributed by atoms with E-state index in [4.69, 9.17) is 34.6 Å². The molecule has 18 heteroatoms. The number of ether oxygens (including phenoxy) is 3. The largest absolute Gasteiger partial charge is 0.496 e. The summed E-state index contributed by atoms with van der Waals surface area (Å²) in [4.78, 5) is 73.1. The highest BCUT2D eigenvalue weighted by atomic mass is 16.6. The van der Waals surface area contributed by atoms with Crippen LogP contribution < -0.4 is 15.0 Å². The molecule has 1 aromatic heterocycles. The second-order valence-corrected chi connectivity index (χ2v) is 21.0. The highest BCUT2D eigenvalue weighted by Gasteiger charge is 2.78. The lowest BCUT2D eigenvalue weighted by molar-refractivity contribution is -0.216. The van der Waals surface area contributed by atoms with Gasteiger partial charge in [-0.3, -0.25) is 24.2 Å². The highest BCUT2D eigenvalue weighted by Crippen LogP contribution is 2.68. The molecular formula is C56H67N5O13. The molecule has 2 bridgehead atoms. The number of carbonyl (C=O) groups excluding carboxylic acids is 3. The number of hydrogen-bond donors (Lipinski definition) is 7. The summed E-state index contributed by atoms with van der Waals surface area (Å²) in [5.74, 6) is -4.16. The molecule has 0 radical (unpaired) electrons. The molecule has 5 aliphatic heterocycles. The zero-order valence-corrected chi connectivity index (χ0v) is 42.9. The number of carboxylic acid groups (broad SMARTS) is 2. The lowest BCUT2D eigenvalue weighted by Gasteiger charge is -2.64. The van der Waals surface area contributed by atoms with Gasteiger partial charge in [0.1, 0.15) is 22.9 Å². The van der Waals surface area contributed by atoms with E-state index in [1.807, 2.05) is 38.2 Å². The van der Waals surface area contributed by atoms with Crippen molar-refractivity contribution in [3.63, 3.8) is 0 Å². The first-order valence-corrected chi connectivity index (χ1v) is 25.3. The number of carbonyl (C=O) groups is 5. The van der Waals surface area contributed by atoms with Crippen molar-refractivity contribution < 1.29 is 63.7 Å². The number of hydrogen-bond acceptors (Lipinski definition) is 14. The number of para-hydroxylation sites is 1. The summed E-state index contributed by atoms with van der Waals surface area (Å²) in [7, 11) is 5.13. The van der Waals surface area contributed by atoms with Gasteiger partial charge in [-0.1, -0.05) is 73.5 Å². The van der Waals surface area contributed by atoms with E-state index in [0.717, 1.165) is 65.0 Å². The van der Waals surface area contributed by atoms with Crippen LogP contribution in [0, 0.1) is 18.3 Å². The Hall–Kier alpha value is -6.57. The minimum absolute atomic E-state index is 0.0357. The maximum atomic E-state index is 15.3. The third kappa shape index (κ3) is 8.07. The first-order valence-electron chi connectivity index (χ1n) is 25.3. The average Bonchev–Trinajstić information content (AvgIpc) is 4.04. The number of aliphatic hydroxyl groups is 3. The molecule has 1 saturated carbocycles. The van der Waals surface area contributed by atoms with Crippen LogP contribution in [0.1, 0.15) is 84.8 Å². The number of aliphatic hydroxyl groups excluding tert-OH is 2. The molecule has 1 saturated heterocycles. The van der Waals surface area contributed by atoms with Gasteiger partial charge < -0.3 is 54.9 Å². The lowest BCUT2D eigenvalue weighted by Crippen LogP contribution is -2.81. The molecule has 1 spiro atoms. The number of esters is 2. The van der Waals surface area contributed by atoms with Crippen molar-refractivity contribution in [3.05, 3.63) is 118 Å². The number of carboxylic acids is 2. The van der Waals surface area contributed by atoms with Gasteiger partial charge in [0.2, 0.25) is 0 Å². The Kier molecular flexibility index (Phi) is 13.9. The maximum absolute atomic E-state index is 15.3. The number of rotatable bonds is 12. The summed E-state index contributed by atoms with van der Waals surface area (Å²) in [6.07, 6.45) is 3.75. The number of aromatic nitrogens is 1. The molecule has 2 fully saturated rings. The van der Waals surface area contributed by atoms with Crippen molar-refractivity contribution in [2.45, 2.75) is 107 Å². The van der Waals surface area contributed by atoms with Crippen LogP contribution in [0.4, 0.5) is 5.69 Å². The molecule has 1 amide bonds. The molecule has 74 heavy (non-hydrogen) atoms. The van der Waals surface area contributed by atoms with E-state index in [9.17, 15) is 24.3 Å². The van der Waals surface area contributed by atoms with Gasteiger partial charge in [-0.25, -0.2) is 9.59 Å². The summed E-state index contributed by atoms with van der Waals surface area (Å²) in [5.41, 5.74) is 3.55. The number of anilines is 1. The van der Waals surface area contributed by atoms with Gasteiger partial charge >= 0.3 is 23.9 Å². The molecule has 18 nitrogen and oxygen atoms in total. The van der Waals surface area contributed by atoms with Crippen LogP contribution in [0.25, 0.3) is 10.9 Å². The molecule has 6 aliphatic rings. The molecule has 4 aromatic rings. The highest BCUT2D eigenvalue weighted by molar-refractivity contribution is 5.95. The topological polar surface area (TPSA) is 252 Å². The predicted octanol–water partition coefficient (Wildman–Crippen LogP) is 4.20. The van der Waals surface area contributed by atoms with Gasteiger partial charge in [-0.05, 0) is 80.5 Å². The van der Waals surface area contributed by atoms with Crippen LogP contribution in [0.2, 0.25) is 0 Å². The van der Waals surface area contributed by atoms with E-state index in [-0.39, 0.29) is 30.4 Å². The predicted molar refractivity (Wildman–Crippen MR) is 273 cm³/mol. The maximum Gasteiger partial charge on any atom is 0.335 e. The van der Waals surface area contributed by atoms with Crippen LogP contribution in [0.3, 0.4) is 0 Å². The summed E-state index contributed by atoms with van der Waals surface area (Å²) in [5, 5.41) is 50.6. The van der Waals surface area contributed by atoms with Crippen molar-refractivity contribution in [1.29, 1.82) is 0 Å². The third-order valence-electron chi connectivity index (χ3n) is 17.0. The Morgan fingerprint density at radius 1 is 0.932 bits per heavy atom. The number of H-pyrrole nitrogens is 1. The minimum Gasteiger partial charge on any atom is -0.496 e. The van der Waals surface area contributed by atoms with Crippen LogP contribution in [-0.4, -0.2) is 160 Å². The Morgan fingerprint density at radius 3 is 2.27 bits per heavy atom. The Bertz CT molecular complexity index is 2940. The number of methoxy groups -OCH3 is 2. The standard InChI is InChI=1S/C52H61N5O7.C4H6O6/c1-8-33-23-34-26-51(48(60)63-7,43-37(29-56(27-33)28-34)36-13-10-11-14-40(36)54-43)39-24-38-41(25-42(39)62-6)55(5)46-50(38)20-22-57-21-12-19-49(9-2,45(50)57)47(64-32(4)58)52(46,61)30-53-44(59)35-17-15-31(3)16-18-35;5-1(3(7)8)2(6)4(9)10/h10-19,23-25,34,45-47,54,61H,8-9,20-22,26-30H2,1-7H3,(H,53,59);1-2,5-6H,(H,7,8)(H,9,10)/t34-,45-,46+,47+,49+,50+,51-,52-;/m0./s1. The van der Waals surface area contributed by atoms with E-state index < -0.39 is 64.1 Å².